The van der Waals surface area contributed by atoms with Gasteiger partial charge in [-0.1, -0.05) is 30.3 Å². The maximum atomic E-state index is 12.7. The summed E-state index contributed by atoms with van der Waals surface area (Å²) < 4.78 is 0. The second-order valence-corrected chi connectivity index (χ2v) is 8.62. The largest absolute Gasteiger partial charge is 0.350 e. The van der Waals surface area contributed by atoms with Crippen molar-refractivity contribution in [3.63, 3.8) is 0 Å². The summed E-state index contributed by atoms with van der Waals surface area (Å²) in [5.41, 5.74) is 5.05. The summed E-state index contributed by atoms with van der Waals surface area (Å²) in [6.07, 6.45) is 1.57. The van der Waals surface area contributed by atoms with Crippen LogP contribution in [-0.2, 0) is 11.3 Å². The van der Waals surface area contributed by atoms with Crippen LogP contribution >= 0.6 is 22.7 Å². The zero-order chi connectivity index (χ0) is 19.5. The zero-order valence-corrected chi connectivity index (χ0v) is 17.2. The molecule has 0 radical (unpaired) electrons. The van der Waals surface area contributed by atoms with Crippen LogP contribution in [0.15, 0.2) is 47.3 Å². The molecule has 1 aliphatic heterocycles. The number of nitrogens with one attached hydrogen (secondary N) is 1. The molecule has 0 aliphatic carbocycles. The van der Waals surface area contributed by atoms with E-state index in [1.807, 2.05) is 42.1 Å². The Morgan fingerprint density at radius 2 is 2.04 bits per heavy atom. The molecule has 0 saturated carbocycles. The Hall–Kier alpha value is -2.51. The molecule has 3 aromatic rings. The summed E-state index contributed by atoms with van der Waals surface area (Å²) in [4.78, 5) is 33.2. The van der Waals surface area contributed by atoms with Crippen LogP contribution in [-0.4, -0.2) is 34.3 Å². The van der Waals surface area contributed by atoms with Gasteiger partial charge in [0.15, 0.2) is 0 Å². The third kappa shape index (κ3) is 3.86. The molecule has 5 nitrogen and oxygen atoms in total. The van der Waals surface area contributed by atoms with Gasteiger partial charge in [0.05, 0.1) is 21.0 Å². The van der Waals surface area contributed by atoms with Gasteiger partial charge < -0.3 is 10.2 Å². The van der Waals surface area contributed by atoms with Crippen LogP contribution < -0.4 is 5.32 Å². The van der Waals surface area contributed by atoms with Crippen LogP contribution in [0.25, 0.3) is 10.4 Å². The first-order valence-electron chi connectivity index (χ1n) is 9.25. The molecular weight excluding hydrogens is 390 g/mol. The van der Waals surface area contributed by atoms with Crippen molar-refractivity contribution in [3.05, 3.63) is 63.4 Å². The normalized spacial score (nSPS) is 16.3. The summed E-state index contributed by atoms with van der Waals surface area (Å²) in [5, 5.41) is 4.88. The van der Waals surface area contributed by atoms with Crippen LogP contribution in [0, 0.1) is 6.92 Å². The number of likely N-dealkylation sites (tertiary alicyclic amines) is 1. The number of rotatable bonds is 5. The molecule has 2 aromatic heterocycles. The van der Waals surface area contributed by atoms with Gasteiger partial charge in [0.2, 0.25) is 5.91 Å². The number of benzene rings is 1. The molecule has 3 heterocycles. The van der Waals surface area contributed by atoms with Crippen LogP contribution in [0.3, 0.4) is 0 Å². The molecule has 28 heavy (non-hydrogen) atoms. The number of thiophene rings is 1. The Kier molecular flexibility index (Phi) is 5.54. The van der Waals surface area contributed by atoms with Gasteiger partial charge in [-0.25, -0.2) is 4.98 Å². The highest BCUT2D eigenvalue weighted by molar-refractivity contribution is 7.13. The minimum Gasteiger partial charge on any atom is -0.350 e. The molecule has 1 unspecified atom stereocenters. The molecule has 144 valence electrons. The van der Waals surface area contributed by atoms with Crippen molar-refractivity contribution in [2.45, 2.75) is 32.4 Å². The van der Waals surface area contributed by atoms with E-state index >= 15 is 0 Å². The van der Waals surface area contributed by atoms with E-state index < -0.39 is 0 Å². The number of thiazole rings is 1. The van der Waals surface area contributed by atoms with Crippen LogP contribution in [0.2, 0.25) is 0 Å². The molecule has 1 aromatic carbocycles. The van der Waals surface area contributed by atoms with Gasteiger partial charge in [-0.15, -0.1) is 22.7 Å². The molecule has 0 spiro atoms. The summed E-state index contributed by atoms with van der Waals surface area (Å²) in [5.74, 6) is -0.123. The van der Waals surface area contributed by atoms with E-state index in [1.165, 1.54) is 16.2 Å². The van der Waals surface area contributed by atoms with E-state index in [1.54, 1.807) is 16.2 Å². The summed E-state index contributed by atoms with van der Waals surface area (Å²) in [7, 11) is 0. The molecule has 2 amide bonds. The fourth-order valence-corrected chi connectivity index (χ4v) is 4.97. The number of hydrogen-bond donors (Lipinski definition) is 1. The van der Waals surface area contributed by atoms with Crippen molar-refractivity contribution in [3.8, 4) is 10.4 Å². The lowest BCUT2D eigenvalue weighted by Gasteiger charge is -2.23. The average Bonchev–Trinajstić information content (AvgIpc) is 3.47. The van der Waals surface area contributed by atoms with Crippen molar-refractivity contribution in [1.29, 1.82) is 0 Å². The van der Waals surface area contributed by atoms with E-state index in [0.29, 0.717) is 24.4 Å². The zero-order valence-electron chi connectivity index (χ0n) is 15.6. The standard InChI is InChI=1S/C21H21N3O2S2/c1-14-19(28-13-23-14)16-8-6-15(7-9-16)12-22-20(25)17-4-2-10-24(17)21(26)18-5-3-11-27-18/h3,5-9,11,13,17H,2,4,10,12H2,1H3,(H,22,25). The Labute approximate surface area is 172 Å². The average molecular weight is 412 g/mol. The van der Waals surface area contributed by atoms with E-state index in [4.69, 9.17) is 0 Å². The Morgan fingerprint density at radius 1 is 1.21 bits per heavy atom. The van der Waals surface area contributed by atoms with Gasteiger partial charge in [0.25, 0.3) is 5.91 Å². The second-order valence-electron chi connectivity index (χ2n) is 6.82. The first-order valence-corrected chi connectivity index (χ1v) is 11.0. The molecule has 4 rings (SSSR count). The van der Waals surface area contributed by atoms with Gasteiger partial charge in [0.1, 0.15) is 6.04 Å². The van der Waals surface area contributed by atoms with Crippen molar-refractivity contribution in [1.82, 2.24) is 15.2 Å². The fourth-order valence-electron chi connectivity index (χ4n) is 3.48. The Balaban J connectivity index is 1.37. The van der Waals surface area contributed by atoms with Gasteiger partial charge in [-0.05, 0) is 42.3 Å². The van der Waals surface area contributed by atoms with E-state index in [0.717, 1.165) is 23.2 Å². The highest BCUT2D eigenvalue weighted by Crippen LogP contribution is 2.27. The smallest absolute Gasteiger partial charge is 0.264 e. The molecule has 1 N–H and O–H groups in total. The Bertz CT molecular complexity index is 964. The number of carbonyl (C=O) groups excluding carboxylic acids is 2. The topological polar surface area (TPSA) is 62.3 Å². The fraction of sp³-hybridized carbons (Fsp3) is 0.286. The summed E-state index contributed by atoms with van der Waals surface area (Å²) in [6.45, 7) is 3.10. The third-order valence-corrected chi connectivity index (χ3v) is 6.81. The molecule has 1 aliphatic rings. The third-order valence-electron chi connectivity index (χ3n) is 4.98. The van der Waals surface area contributed by atoms with Crippen LogP contribution in [0.1, 0.15) is 33.8 Å². The number of aromatic nitrogens is 1. The second kappa shape index (κ2) is 8.24. The Morgan fingerprint density at radius 3 is 2.71 bits per heavy atom. The number of aryl methyl sites for hydroxylation is 1. The first-order chi connectivity index (χ1) is 13.6. The molecule has 7 heteroatoms. The van der Waals surface area contributed by atoms with Gasteiger partial charge in [0, 0.05) is 13.1 Å². The quantitative estimate of drug-likeness (QED) is 0.687. The summed E-state index contributed by atoms with van der Waals surface area (Å²) >= 11 is 3.04. The maximum Gasteiger partial charge on any atom is 0.264 e. The van der Waals surface area contributed by atoms with Gasteiger partial charge in [-0.2, -0.15) is 0 Å². The molecule has 1 saturated heterocycles. The molecule has 0 bridgehead atoms. The molecule has 1 atom stereocenters. The minimum absolute atomic E-state index is 0.0445. The first kappa shape index (κ1) is 18.8. The van der Waals surface area contributed by atoms with Gasteiger partial charge in [-0.3, -0.25) is 9.59 Å². The van der Waals surface area contributed by atoms with Crippen LogP contribution in [0.5, 0.6) is 0 Å². The molecule has 1 fully saturated rings. The van der Waals surface area contributed by atoms with Crippen molar-refractivity contribution in [2.24, 2.45) is 0 Å². The highest BCUT2D eigenvalue weighted by atomic mass is 32.1. The number of nitrogens with zero attached hydrogens (tertiary/aromatic N) is 2. The highest BCUT2D eigenvalue weighted by Gasteiger charge is 2.34. The number of carbonyl (C=O) groups is 2. The van der Waals surface area contributed by atoms with E-state index in [-0.39, 0.29) is 17.9 Å². The predicted molar refractivity (Wildman–Crippen MR) is 113 cm³/mol. The lowest BCUT2D eigenvalue weighted by Crippen LogP contribution is -2.45. The lowest BCUT2D eigenvalue weighted by molar-refractivity contribution is -0.125. The van der Waals surface area contributed by atoms with Crippen LogP contribution in [0.4, 0.5) is 0 Å². The monoisotopic (exact) mass is 411 g/mol. The summed E-state index contributed by atoms with van der Waals surface area (Å²) in [6, 6.07) is 11.5. The minimum atomic E-state index is -0.381. The van der Waals surface area contributed by atoms with Crippen molar-refractivity contribution >= 4 is 34.5 Å². The van der Waals surface area contributed by atoms with E-state index in [9.17, 15) is 9.59 Å². The predicted octanol–water partition coefficient (Wildman–Crippen LogP) is 4.10. The van der Waals surface area contributed by atoms with E-state index in [2.05, 4.69) is 22.4 Å². The SMILES string of the molecule is Cc1ncsc1-c1ccc(CNC(=O)C2CCCN2C(=O)c2cccs2)cc1. The molecular formula is C21H21N3O2S2. The maximum absolute atomic E-state index is 12.7. The number of amides is 2. The van der Waals surface area contributed by atoms with Crippen molar-refractivity contribution < 1.29 is 9.59 Å². The van der Waals surface area contributed by atoms with Gasteiger partial charge >= 0.3 is 0 Å². The van der Waals surface area contributed by atoms with Crippen molar-refractivity contribution in [2.75, 3.05) is 6.54 Å². The number of hydrogen-bond acceptors (Lipinski definition) is 5. The lowest BCUT2D eigenvalue weighted by atomic mass is 10.1.